The van der Waals surface area contributed by atoms with Gasteiger partial charge in [0.15, 0.2) is 5.69 Å². The number of aromatic nitrogens is 1. The lowest BCUT2D eigenvalue weighted by Gasteiger charge is -2.11. The number of amides is 1. The topological polar surface area (TPSA) is 130 Å². The minimum Gasteiger partial charge on any atom is -0.481 e. The molecule has 108 valence electrons. The van der Waals surface area contributed by atoms with E-state index in [-0.39, 0.29) is 18.5 Å². The molecule has 20 heavy (non-hydrogen) atoms. The van der Waals surface area contributed by atoms with Crippen LogP contribution in [0.2, 0.25) is 0 Å². The zero-order valence-electron chi connectivity index (χ0n) is 10.5. The molecule has 1 aliphatic rings. The van der Waals surface area contributed by atoms with Crippen molar-refractivity contribution < 1.29 is 29.1 Å². The molecule has 0 aromatic carbocycles. The molecule has 8 nitrogen and oxygen atoms in total. The fourth-order valence-electron chi connectivity index (χ4n) is 1.71. The molecule has 0 bridgehead atoms. The number of carboxylic acids is 2. The smallest absolute Gasteiger partial charge is 0.326 e. The lowest BCUT2D eigenvalue weighted by atomic mass is 10.1. The minimum atomic E-state index is -1.29. The second kappa shape index (κ2) is 5.72. The summed E-state index contributed by atoms with van der Waals surface area (Å²) in [6.45, 7) is 0. The van der Waals surface area contributed by atoms with E-state index in [2.05, 4.69) is 10.5 Å². The number of hydrogen-bond acceptors (Lipinski definition) is 5. The summed E-state index contributed by atoms with van der Waals surface area (Å²) in [6.07, 6.45) is 1.45. The van der Waals surface area contributed by atoms with Gasteiger partial charge in [0.2, 0.25) is 0 Å². The lowest BCUT2D eigenvalue weighted by molar-refractivity contribution is -0.140. The van der Waals surface area contributed by atoms with Gasteiger partial charge in [-0.1, -0.05) is 5.16 Å². The third kappa shape index (κ3) is 3.56. The van der Waals surface area contributed by atoms with Crippen molar-refractivity contribution in [3.05, 3.63) is 17.5 Å². The van der Waals surface area contributed by atoms with Crippen molar-refractivity contribution in [2.45, 2.75) is 37.6 Å². The first-order chi connectivity index (χ1) is 9.47. The summed E-state index contributed by atoms with van der Waals surface area (Å²) in [5, 5.41) is 23.3. The maximum absolute atomic E-state index is 11.8. The molecule has 0 radical (unpaired) electrons. The van der Waals surface area contributed by atoms with Crippen LogP contribution in [0, 0.1) is 0 Å². The molecule has 8 heteroatoms. The van der Waals surface area contributed by atoms with E-state index in [9.17, 15) is 14.4 Å². The Morgan fingerprint density at radius 3 is 2.65 bits per heavy atom. The number of carbonyl (C=O) groups is 3. The monoisotopic (exact) mass is 282 g/mol. The molecular weight excluding hydrogens is 268 g/mol. The van der Waals surface area contributed by atoms with Crippen molar-refractivity contribution in [2.75, 3.05) is 0 Å². The van der Waals surface area contributed by atoms with Crippen LogP contribution in [0.4, 0.5) is 0 Å². The highest BCUT2D eigenvalue weighted by Gasteiger charge is 2.29. The zero-order chi connectivity index (χ0) is 14.7. The SMILES string of the molecule is O=C(O)CC[C@H](NC(=O)c1cc(C2CC2)on1)C(=O)O. The predicted molar refractivity (Wildman–Crippen MR) is 64.2 cm³/mol. The summed E-state index contributed by atoms with van der Waals surface area (Å²) in [4.78, 5) is 33.2. The van der Waals surface area contributed by atoms with Crippen molar-refractivity contribution in [1.82, 2.24) is 10.5 Å². The van der Waals surface area contributed by atoms with Gasteiger partial charge < -0.3 is 20.1 Å². The summed E-state index contributed by atoms with van der Waals surface area (Å²) in [5.74, 6) is -2.18. The van der Waals surface area contributed by atoms with E-state index in [1.54, 1.807) is 0 Å². The number of nitrogens with one attached hydrogen (secondary N) is 1. The zero-order valence-corrected chi connectivity index (χ0v) is 10.5. The molecule has 1 fully saturated rings. The number of nitrogens with zero attached hydrogens (tertiary/aromatic N) is 1. The summed E-state index contributed by atoms with van der Waals surface area (Å²) in [6, 6.07) is 0.225. The van der Waals surface area contributed by atoms with Crippen LogP contribution >= 0.6 is 0 Å². The van der Waals surface area contributed by atoms with Gasteiger partial charge in [0, 0.05) is 18.4 Å². The third-order valence-electron chi connectivity index (χ3n) is 2.99. The van der Waals surface area contributed by atoms with Gasteiger partial charge in [-0.25, -0.2) is 4.79 Å². The van der Waals surface area contributed by atoms with Crippen LogP contribution in [0.25, 0.3) is 0 Å². The molecule has 0 spiro atoms. The summed E-state index contributed by atoms with van der Waals surface area (Å²) in [7, 11) is 0. The number of carboxylic acid groups (broad SMARTS) is 2. The van der Waals surface area contributed by atoms with Crippen molar-refractivity contribution in [3.8, 4) is 0 Å². The van der Waals surface area contributed by atoms with Crippen LogP contribution in [0.15, 0.2) is 10.6 Å². The lowest BCUT2D eigenvalue weighted by Crippen LogP contribution is -2.41. The first kappa shape index (κ1) is 14.0. The summed E-state index contributed by atoms with van der Waals surface area (Å²) < 4.78 is 5.00. The second-order valence-electron chi connectivity index (χ2n) is 4.69. The molecule has 1 aromatic rings. The average molecular weight is 282 g/mol. The summed E-state index contributed by atoms with van der Waals surface area (Å²) in [5.41, 5.74) is 0.00785. The van der Waals surface area contributed by atoms with Crippen molar-refractivity contribution in [1.29, 1.82) is 0 Å². The van der Waals surface area contributed by atoms with Gasteiger partial charge in [0.25, 0.3) is 5.91 Å². The normalized spacial score (nSPS) is 15.6. The Hall–Kier alpha value is -2.38. The third-order valence-corrected chi connectivity index (χ3v) is 2.99. The largest absolute Gasteiger partial charge is 0.481 e. The Balaban J connectivity index is 1.95. The van der Waals surface area contributed by atoms with Crippen LogP contribution in [0.1, 0.15) is 47.8 Å². The predicted octanol–water partition coefficient (Wildman–Crippen LogP) is 0.600. The van der Waals surface area contributed by atoms with Gasteiger partial charge >= 0.3 is 11.9 Å². The molecule has 1 heterocycles. The van der Waals surface area contributed by atoms with Crippen LogP contribution < -0.4 is 5.32 Å². The van der Waals surface area contributed by atoms with E-state index in [1.807, 2.05) is 0 Å². The Morgan fingerprint density at radius 2 is 2.10 bits per heavy atom. The number of aliphatic carboxylic acids is 2. The van der Waals surface area contributed by atoms with Gasteiger partial charge in [-0.3, -0.25) is 9.59 Å². The van der Waals surface area contributed by atoms with Gasteiger partial charge in [0.05, 0.1) is 0 Å². The fraction of sp³-hybridized carbons (Fsp3) is 0.500. The van der Waals surface area contributed by atoms with E-state index in [0.29, 0.717) is 11.7 Å². The van der Waals surface area contributed by atoms with Crippen LogP contribution in [-0.2, 0) is 9.59 Å². The highest BCUT2D eigenvalue weighted by molar-refractivity contribution is 5.95. The maximum atomic E-state index is 11.8. The van der Waals surface area contributed by atoms with E-state index >= 15 is 0 Å². The van der Waals surface area contributed by atoms with Gasteiger partial charge in [-0.15, -0.1) is 0 Å². The quantitative estimate of drug-likeness (QED) is 0.667. The van der Waals surface area contributed by atoms with E-state index in [1.165, 1.54) is 6.07 Å². The fourth-order valence-corrected chi connectivity index (χ4v) is 1.71. The number of rotatable bonds is 7. The molecule has 2 rings (SSSR count). The van der Waals surface area contributed by atoms with E-state index < -0.39 is 23.9 Å². The molecule has 1 aliphatic carbocycles. The highest BCUT2D eigenvalue weighted by atomic mass is 16.5. The maximum Gasteiger partial charge on any atom is 0.326 e. The molecular formula is C12H14N2O6. The Kier molecular flexibility index (Phi) is 4.02. The Morgan fingerprint density at radius 1 is 1.40 bits per heavy atom. The van der Waals surface area contributed by atoms with E-state index in [4.69, 9.17) is 14.7 Å². The first-order valence-corrected chi connectivity index (χ1v) is 6.19. The van der Waals surface area contributed by atoms with Gasteiger partial charge in [0.1, 0.15) is 11.8 Å². The molecule has 3 N–H and O–H groups in total. The summed E-state index contributed by atoms with van der Waals surface area (Å²) >= 11 is 0. The molecule has 1 aromatic heterocycles. The highest BCUT2D eigenvalue weighted by Crippen LogP contribution is 2.40. The molecule has 1 saturated carbocycles. The van der Waals surface area contributed by atoms with Gasteiger partial charge in [-0.05, 0) is 19.3 Å². The minimum absolute atomic E-state index is 0.00785. The average Bonchev–Trinajstić information content (AvgIpc) is 3.11. The van der Waals surface area contributed by atoms with Gasteiger partial charge in [-0.2, -0.15) is 0 Å². The second-order valence-corrected chi connectivity index (χ2v) is 4.69. The van der Waals surface area contributed by atoms with Crippen molar-refractivity contribution >= 4 is 17.8 Å². The number of carbonyl (C=O) groups excluding carboxylic acids is 1. The molecule has 0 aliphatic heterocycles. The van der Waals surface area contributed by atoms with E-state index in [0.717, 1.165) is 12.8 Å². The number of hydrogen-bond donors (Lipinski definition) is 3. The molecule has 0 saturated heterocycles. The Bertz CT molecular complexity index is 534. The van der Waals surface area contributed by atoms with Crippen LogP contribution in [0.3, 0.4) is 0 Å². The van der Waals surface area contributed by atoms with Crippen molar-refractivity contribution in [2.24, 2.45) is 0 Å². The standard InChI is InChI=1S/C12H14N2O6/c15-10(16)4-3-7(12(18)19)13-11(17)8-5-9(20-14-8)6-1-2-6/h5-7H,1-4H2,(H,13,17)(H,15,16)(H,18,19)/t7-/m0/s1. The first-order valence-electron chi connectivity index (χ1n) is 6.19. The van der Waals surface area contributed by atoms with Crippen LogP contribution in [0.5, 0.6) is 0 Å². The van der Waals surface area contributed by atoms with Crippen molar-refractivity contribution in [3.63, 3.8) is 0 Å². The molecule has 1 amide bonds. The Labute approximate surface area is 113 Å². The molecule has 1 atom stereocenters. The molecule has 0 unspecified atom stereocenters. The van der Waals surface area contributed by atoms with Crippen LogP contribution in [-0.4, -0.2) is 39.3 Å².